The van der Waals surface area contributed by atoms with Crippen molar-refractivity contribution in [3.63, 3.8) is 0 Å². The highest BCUT2D eigenvalue weighted by Gasteiger charge is 2.36. The zero-order valence-electron chi connectivity index (χ0n) is 23.8. The molecule has 2 rings (SSSR count). The lowest BCUT2D eigenvalue weighted by atomic mass is 9.99. The molecule has 8 heteroatoms. The Bertz CT molecular complexity index is 1130. The molecule has 2 aromatic rings. The third-order valence-electron chi connectivity index (χ3n) is 6.13. The van der Waals surface area contributed by atoms with Crippen LogP contribution in [0.1, 0.15) is 76.1 Å². The predicted octanol–water partition coefficient (Wildman–Crippen LogP) is 5.61. The maximum atomic E-state index is 13.9. The van der Waals surface area contributed by atoms with E-state index in [-0.39, 0.29) is 6.54 Å². The number of benzene rings is 2. The summed E-state index contributed by atoms with van der Waals surface area (Å²) in [6.45, 7) is 12.6. The molecule has 0 aromatic heterocycles. The number of hydrogen-bond donors (Lipinski definition) is 3. The molecule has 3 amide bonds. The zero-order chi connectivity index (χ0) is 29.0. The second-order valence-corrected chi connectivity index (χ2v) is 10.6. The molecule has 0 radical (unpaired) electrons. The summed E-state index contributed by atoms with van der Waals surface area (Å²) < 4.78 is 5.31. The van der Waals surface area contributed by atoms with Crippen LogP contribution in [-0.2, 0) is 14.3 Å². The first-order valence-corrected chi connectivity index (χ1v) is 13.5. The van der Waals surface area contributed by atoms with E-state index >= 15 is 0 Å². The van der Waals surface area contributed by atoms with Crippen molar-refractivity contribution in [2.75, 3.05) is 18.5 Å². The van der Waals surface area contributed by atoms with E-state index in [9.17, 15) is 19.5 Å². The number of nitrogens with one attached hydrogen (secondary N) is 2. The second-order valence-electron chi connectivity index (χ2n) is 10.6. The monoisotopic (exact) mass is 537 g/mol. The Labute approximate surface area is 232 Å². The summed E-state index contributed by atoms with van der Waals surface area (Å²) in [6.07, 6.45) is 4.35. The van der Waals surface area contributed by atoms with E-state index in [0.717, 1.165) is 30.4 Å². The molecule has 0 fully saturated rings. The van der Waals surface area contributed by atoms with Gasteiger partial charge in [0.25, 0.3) is 5.91 Å². The zero-order valence-corrected chi connectivity index (χ0v) is 23.8. The van der Waals surface area contributed by atoms with E-state index in [1.165, 1.54) is 4.90 Å². The van der Waals surface area contributed by atoms with E-state index in [4.69, 9.17) is 4.74 Å². The van der Waals surface area contributed by atoms with Gasteiger partial charge >= 0.3 is 6.09 Å². The number of para-hydroxylation sites is 1. The molecule has 0 aliphatic heterocycles. The van der Waals surface area contributed by atoms with Crippen molar-refractivity contribution in [3.8, 4) is 0 Å². The van der Waals surface area contributed by atoms with Gasteiger partial charge in [0, 0.05) is 12.2 Å². The normalized spacial score (nSPS) is 12.7. The molecule has 8 nitrogen and oxygen atoms in total. The SMILES string of the molecule is C=Cc1cccc(C(C(=O)Nc2ccccc2C)N(CCCCCC)C(=O)C(CO)NC(=O)OC(C)(C)C)c1. The van der Waals surface area contributed by atoms with Crippen molar-refractivity contribution in [1.82, 2.24) is 10.2 Å². The van der Waals surface area contributed by atoms with Crippen LogP contribution in [0.25, 0.3) is 6.08 Å². The van der Waals surface area contributed by atoms with Gasteiger partial charge in [-0.15, -0.1) is 0 Å². The maximum absolute atomic E-state index is 13.9. The number of unbranched alkanes of at least 4 members (excludes halogenated alkanes) is 3. The number of aliphatic hydroxyl groups excluding tert-OH is 1. The number of ether oxygens (including phenoxy) is 1. The van der Waals surface area contributed by atoms with Gasteiger partial charge in [-0.25, -0.2) is 4.79 Å². The first kappa shape index (κ1) is 31.6. The molecule has 212 valence electrons. The number of hydrogen-bond acceptors (Lipinski definition) is 5. The lowest BCUT2D eigenvalue weighted by molar-refractivity contribution is -0.141. The Kier molecular flexibility index (Phi) is 12.2. The van der Waals surface area contributed by atoms with E-state index in [1.807, 2.05) is 43.3 Å². The first-order chi connectivity index (χ1) is 18.5. The molecule has 0 aliphatic carbocycles. The predicted molar refractivity (Wildman–Crippen MR) is 155 cm³/mol. The number of aryl methyl sites for hydroxylation is 1. The summed E-state index contributed by atoms with van der Waals surface area (Å²) in [5.41, 5.74) is 2.12. The van der Waals surface area contributed by atoms with Gasteiger partial charge < -0.3 is 25.4 Å². The Morgan fingerprint density at radius 1 is 1.08 bits per heavy atom. The highest BCUT2D eigenvalue weighted by atomic mass is 16.6. The molecule has 2 aromatic carbocycles. The van der Waals surface area contributed by atoms with Crippen molar-refractivity contribution in [3.05, 3.63) is 71.8 Å². The summed E-state index contributed by atoms with van der Waals surface area (Å²) in [5.74, 6) is -0.975. The summed E-state index contributed by atoms with van der Waals surface area (Å²) >= 11 is 0. The summed E-state index contributed by atoms with van der Waals surface area (Å²) in [6, 6.07) is 12.4. The van der Waals surface area contributed by atoms with Gasteiger partial charge in [0.1, 0.15) is 17.7 Å². The van der Waals surface area contributed by atoms with Crippen molar-refractivity contribution in [2.45, 2.75) is 78.0 Å². The van der Waals surface area contributed by atoms with Crippen LogP contribution in [-0.4, -0.2) is 52.7 Å². The average molecular weight is 538 g/mol. The Morgan fingerprint density at radius 2 is 1.79 bits per heavy atom. The van der Waals surface area contributed by atoms with Gasteiger partial charge in [-0.05, 0) is 62.9 Å². The largest absolute Gasteiger partial charge is 0.444 e. The van der Waals surface area contributed by atoms with Crippen LogP contribution < -0.4 is 10.6 Å². The van der Waals surface area contributed by atoms with Crippen molar-refractivity contribution < 1.29 is 24.2 Å². The highest BCUT2D eigenvalue weighted by Crippen LogP contribution is 2.27. The first-order valence-electron chi connectivity index (χ1n) is 13.5. The second kappa shape index (κ2) is 15.1. The topological polar surface area (TPSA) is 108 Å². The minimum atomic E-state index is -1.29. The standard InChI is InChI=1S/C31H43N3O5/c1-7-9-10-13-19-34(29(37)26(21-35)33-30(38)39-31(4,5)6)27(24-17-14-16-23(8-2)20-24)28(36)32-25-18-12-11-15-22(25)3/h8,11-12,14-18,20,26-27,35H,2,7,9-10,13,19,21H2,1,3-6H3,(H,32,36)(H,33,38). The number of carbonyl (C=O) groups is 3. The van der Waals surface area contributed by atoms with E-state index in [2.05, 4.69) is 24.1 Å². The lowest BCUT2D eigenvalue weighted by Gasteiger charge is -2.34. The fourth-order valence-electron chi connectivity index (χ4n) is 4.15. The molecule has 0 saturated carbocycles. The van der Waals surface area contributed by atoms with Gasteiger partial charge in [-0.3, -0.25) is 9.59 Å². The van der Waals surface area contributed by atoms with Crippen LogP contribution in [0, 0.1) is 6.92 Å². The number of amides is 3. The molecule has 0 aliphatic rings. The Balaban J connectivity index is 2.52. The van der Waals surface area contributed by atoms with Gasteiger partial charge in [0.2, 0.25) is 5.91 Å². The van der Waals surface area contributed by atoms with Crippen LogP contribution in [0.5, 0.6) is 0 Å². The Hall–Kier alpha value is -3.65. The molecule has 0 saturated heterocycles. The van der Waals surface area contributed by atoms with Crippen LogP contribution >= 0.6 is 0 Å². The molecule has 0 spiro atoms. The summed E-state index contributed by atoms with van der Waals surface area (Å²) in [7, 11) is 0. The third-order valence-corrected chi connectivity index (χ3v) is 6.13. The number of carbonyl (C=O) groups excluding carboxylic acids is 3. The van der Waals surface area contributed by atoms with Crippen LogP contribution in [0.15, 0.2) is 55.1 Å². The minimum absolute atomic E-state index is 0.259. The van der Waals surface area contributed by atoms with Gasteiger partial charge in [-0.2, -0.15) is 0 Å². The van der Waals surface area contributed by atoms with Gasteiger partial charge in [0.05, 0.1) is 6.61 Å². The molecular formula is C31H43N3O5. The third kappa shape index (κ3) is 9.87. The molecular weight excluding hydrogens is 494 g/mol. The number of alkyl carbamates (subject to hydrolysis) is 1. The molecule has 3 N–H and O–H groups in total. The average Bonchev–Trinajstić information content (AvgIpc) is 2.89. The molecule has 39 heavy (non-hydrogen) atoms. The fourth-order valence-corrected chi connectivity index (χ4v) is 4.15. The number of rotatable bonds is 13. The lowest BCUT2D eigenvalue weighted by Crippen LogP contribution is -2.54. The molecule has 2 unspecified atom stereocenters. The van der Waals surface area contributed by atoms with E-state index in [1.54, 1.807) is 39.0 Å². The minimum Gasteiger partial charge on any atom is -0.444 e. The summed E-state index contributed by atoms with van der Waals surface area (Å²) in [5, 5.41) is 15.6. The fraction of sp³-hybridized carbons (Fsp3) is 0.452. The quantitative estimate of drug-likeness (QED) is 0.288. The molecule has 0 bridgehead atoms. The number of aliphatic hydroxyl groups is 1. The molecule has 0 heterocycles. The van der Waals surface area contributed by atoms with Gasteiger partial charge in [-0.1, -0.05) is 75.2 Å². The van der Waals surface area contributed by atoms with Crippen molar-refractivity contribution >= 4 is 29.7 Å². The molecule has 2 atom stereocenters. The van der Waals surface area contributed by atoms with Crippen LogP contribution in [0.4, 0.5) is 10.5 Å². The Morgan fingerprint density at radius 3 is 2.41 bits per heavy atom. The smallest absolute Gasteiger partial charge is 0.408 e. The van der Waals surface area contributed by atoms with E-state index in [0.29, 0.717) is 17.7 Å². The maximum Gasteiger partial charge on any atom is 0.408 e. The summed E-state index contributed by atoms with van der Waals surface area (Å²) in [4.78, 5) is 41.8. The van der Waals surface area contributed by atoms with E-state index < -0.39 is 42.2 Å². The highest BCUT2D eigenvalue weighted by molar-refractivity contribution is 5.99. The number of anilines is 1. The van der Waals surface area contributed by atoms with Crippen LogP contribution in [0.2, 0.25) is 0 Å². The van der Waals surface area contributed by atoms with Crippen LogP contribution in [0.3, 0.4) is 0 Å². The van der Waals surface area contributed by atoms with Crippen molar-refractivity contribution in [1.29, 1.82) is 0 Å². The van der Waals surface area contributed by atoms with Crippen molar-refractivity contribution in [2.24, 2.45) is 0 Å². The number of nitrogens with zero attached hydrogens (tertiary/aromatic N) is 1. The van der Waals surface area contributed by atoms with Gasteiger partial charge in [0.15, 0.2) is 0 Å².